The van der Waals surface area contributed by atoms with Gasteiger partial charge in [-0.3, -0.25) is 14.5 Å². The van der Waals surface area contributed by atoms with Gasteiger partial charge in [-0.1, -0.05) is 12.1 Å². The van der Waals surface area contributed by atoms with E-state index < -0.39 is 0 Å². The molecule has 1 heterocycles. The van der Waals surface area contributed by atoms with Crippen LogP contribution in [0.25, 0.3) is 6.08 Å². The predicted molar refractivity (Wildman–Crippen MR) is 66.7 cm³/mol. The second kappa shape index (κ2) is 4.63. The molecule has 1 saturated heterocycles. The summed E-state index contributed by atoms with van der Waals surface area (Å²) in [6.07, 6.45) is 1.70. The molecule has 1 aliphatic heterocycles. The molecular weight excluding hydrogens is 238 g/mol. The minimum atomic E-state index is -0.254. The van der Waals surface area contributed by atoms with Crippen LogP contribution in [0.15, 0.2) is 29.2 Å². The maximum absolute atomic E-state index is 11.6. The first-order valence-corrected chi connectivity index (χ1v) is 5.79. The highest BCUT2D eigenvalue weighted by Gasteiger charge is 2.31. The Morgan fingerprint density at radius 1 is 1.24 bits per heavy atom. The lowest BCUT2D eigenvalue weighted by atomic mass is 10.2. The number of carbonyl (C=O) groups is 2. The van der Waals surface area contributed by atoms with Crippen molar-refractivity contribution in [1.82, 2.24) is 4.90 Å². The Bertz CT molecular complexity index is 493. The average Bonchev–Trinajstić information content (AvgIpc) is 2.58. The maximum Gasteiger partial charge on any atom is 0.293 e. The largest absolute Gasteiger partial charge is 0.497 e. The fourth-order valence-electron chi connectivity index (χ4n) is 1.40. The first-order chi connectivity index (χ1) is 8.11. The maximum atomic E-state index is 11.6. The predicted octanol–water partition coefficient (Wildman–Crippen LogP) is 2.36. The quantitative estimate of drug-likeness (QED) is 0.755. The summed E-state index contributed by atoms with van der Waals surface area (Å²) in [7, 11) is 3.07. The number of carbonyl (C=O) groups excluding carboxylic acids is 2. The Morgan fingerprint density at radius 3 is 2.35 bits per heavy atom. The van der Waals surface area contributed by atoms with Crippen LogP contribution in [0.4, 0.5) is 4.79 Å². The molecule has 1 aromatic carbocycles. The topological polar surface area (TPSA) is 46.6 Å². The number of nitrogens with zero attached hydrogens (tertiary/aromatic N) is 1. The molecule has 0 bridgehead atoms. The van der Waals surface area contributed by atoms with E-state index in [-0.39, 0.29) is 11.1 Å². The molecule has 2 amide bonds. The van der Waals surface area contributed by atoms with Crippen molar-refractivity contribution in [1.29, 1.82) is 0 Å². The van der Waals surface area contributed by atoms with E-state index in [4.69, 9.17) is 4.74 Å². The molecule has 0 aromatic heterocycles. The molecule has 88 valence electrons. The minimum absolute atomic E-state index is 0.241. The van der Waals surface area contributed by atoms with E-state index in [1.165, 1.54) is 7.05 Å². The van der Waals surface area contributed by atoms with Gasteiger partial charge in [0.2, 0.25) is 0 Å². The highest BCUT2D eigenvalue weighted by atomic mass is 32.2. The molecule has 0 radical (unpaired) electrons. The lowest BCUT2D eigenvalue weighted by Gasteiger charge is -2.01. The standard InChI is InChI=1S/C12H11NO3S/c1-13-11(14)10(17-12(13)15)7-8-3-5-9(16-2)6-4-8/h3-7H,1-2H3/b10-7+. The highest BCUT2D eigenvalue weighted by Crippen LogP contribution is 2.31. The molecular formula is C12H11NO3S. The lowest BCUT2D eigenvalue weighted by Crippen LogP contribution is -2.22. The monoisotopic (exact) mass is 249 g/mol. The highest BCUT2D eigenvalue weighted by molar-refractivity contribution is 8.18. The molecule has 0 atom stereocenters. The second-order valence-electron chi connectivity index (χ2n) is 3.51. The summed E-state index contributed by atoms with van der Waals surface area (Å²) in [6, 6.07) is 7.29. The van der Waals surface area contributed by atoms with Gasteiger partial charge in [-0.2, -0.15) is 0 Å². The van der Waals surface area contributed by atoms with Crippen LogP contribution in [0, 0.1) is 0 Å². The Labute approximate surface area is 103 Å². The Morgan fingerprint density at radius 2 is 1.88 bits per heavy atom. The number of hydrogen-bond acceptors (Lipinski definition) is 4. The summed E-state index contributed by atoms with van der Waals surface area (Å²) < 4.78 is 5.04. The molecule has 1 aromatic rings. The molecule has 0 unspecified atom stereocenters. The van der Waals surface area contributed by atoms with E-state index in [9.17, 15) is 9.59 Å². The number of ether oxygens (including phenoxy) is 1. The van der Waals surface area contributed by atoms with Crippen molar-refractivity contribution >= 4 is 29.0 Å². The summed E-state index contributed by atoms with van der Waals surface area (Å²) in [5.41, 5.74) is 0.866. The van der Waals surface area contributed by atoms with Gasteiger partial charge in [-0.05, 0) is 35.5 Å². The lowest BCUT2D eigenvalue weighted by molar-refractivity contribution is -0.121. The van der Waals surface area contributed by atoms with Gasteiger partial charge >= 0.3 is 0 Å². The van der Waals surface area contributed by atoms with E-state index >= 15 is 0 Å². The summed E-state index contributed by atoms with van der Waals surface area (Å²) in [5, 5.41) is -0.241. The van der Waals surface area contributed by atoms with E-state index in [0.29, 0.717) is 4.91 Å². The molecule has 0 aliphatic carbocycles. The van der Waals surface area contributed by atoms with Crippen LogP contribution in [0.1, 0.15) is 5.56 Å². The van der Waals surface area contributed by atoms with Crippen molar-refractivity contribution in [2.45, 2.75) is 0 Å². The zero-order valence-corrected chi connectivity index (χ0v) is 10.3. The SMILES string of the molecule is COc1ccc(/C=C2/SC(=O)N(C)C2=O)cc1. The number of amides is 2. The van der Waals surface area contributed by atoms with Gasteiger partial charge in [0.25, 0.3) is 11.1 Å². The van der Waals surface area contributed by atoms with Gasteiger partial charge in [0.05, 0.1) is 12.0 Å². The molecule has 1 aliphatic rings. The van der Waals surface area contributed by atoms with Crippen LogP contribution < -0.4 is 4.74 Å². The number of thioether (sulfide) groups is 1. The van der Waals surface area contributed by atoms with Gasteiger partial charge in [-0.15, -0.1) is 0 Å². The number of rotatable bonds is 2. The van der Waals surface area contributed by atoms with Crippen molar-refractivity contribution in [3.8, 4) is 5.75 Å². The Balaban J connectivity index is 2.24. The molecule has 0 spiro atoms. The van der Waals surface area contributed by atoms with Crippen LogP contribution in [0.2, 0.25) is 0 Å². The average molecular weight is 249 g/mol. The van der Waals surface area contributed by atoms with Crippen LogP contribution in [0.3, 0.4) is 0 Å². The van der Waals surface area contributed by atoms with Gasteiger partial charge in [0.15, 0.2) is 0 Å². The third-order valence-corrected chi connectivity index (χ3v) is 3.36. The zero-order valence-electron chi connectivity index (χ0n) is 9.47. The summed E-state index contributed by atoms with van der Waals surface area (Å²) in [5.74, 6) is 0.501. The van der Waals surface area contributed by atoms with Crippen molar-refractivity contribution in [3.63, 3.8) is 0 Å². The minimum Gasteiger partial charge on any atom is -0.497 e. The van der Waals surface area contributed by atoms with Crippen LogP contribution in [-0.2, 0) is 4.79 Å². The zero-order chi connectivity index (χ0) is 12.4. The van der Waals surface area contributed by atoms with Gasteiger partial charge in [-0.25, -0.2) is 0 Å². The van der Waals surface area contributed by atoms with Gasteiger partial charge in [0.1, 0.15) is 5.75 Å². The van der Waals surface area contributed by atoms with Crippen molar-refractivity contribution in [2.75, 3.05) is 14.2 Å². The van der Waals surface area contributed by atoms with Crippen molar-refractivity contribution < 1.29 is 14.3 Å². The first-order valence-electron chi connectivity index (χ1n) is 4.97. The number of imide groups is 1. The Kier molecular flexibility index (Phi) is 3.19. The van der Waals surface area contributed by atoms with Gasteiger partial charge in [0, 0.05) is 7.05 Å². The fourth-order valence-corrected chi connectivity index (χ4v) is 2.22. The normalized spacial score (nSPS) is 18.0. The Hall–Kier alpha value is -1.75. The third-order valence-electron chi connectivity index (χ3n) is 2.40. The molecule has 5 heteroatoms. The number of likely N-dealkylation sites (N-methyl/N-ethyl adjacent to an activating group) is 1. The number of methoxy groups -OCH3 is 1. The van der Waals surface area contributed by atoms with Crippen LogP contribution in [-0.4, -0.2) is 30.2 Å². The first kappa shape index (κ1) is 11.7. The molecule has 0 saturated carbocycles. The second-order valence-corrected chi connectivity index (χ2v) is 4.51. The van der Waals surface area contributed by atoms with Crippen molar-refractivity contribution in [3.05, 3.63) is 34.7 Å². The van der Waals surface area contributed by atoms with Crippen LogP contribution in [0.5, 0.6) is 5.75 Å². The fraction of sp³-hybridized carbons (Fsp3) is 0.167. The van der Waals surface area contributed by atoms with Crippen molar-refractivity contribution in [2.24, 2.45) is 0 Å². The molecule has 0 N–H and O–H groups in total. The molecule has 2 rings (SSSR count). The summed E-state index contributed by atoms with van der Waals surface area (Å²) in [4.78, 5) is 24.5. The van der Waals surface area contributed by atoms with E-state index in [2.05, 4.69) is 0 Å². The number of benzene rings is 1. The van der Waals surface area contributed by atoms with E-state index in [0.717, 1.165) is 28.0 Å². The van der Waals surface area contributed by atoms with E-state index in [1.54, 1.807) is 13.2 Å². The summed E-state index contributed by atoms with van der Waals surface area (Å²) in [6.45, 7) is 0. The smallest absolute Gasteiger partial charge is 0.293 e. The molecule has 17 heavy (non-hydrogen) atoms. The van der Waals surface area contributed by atoms with Gasteiger partial charge < -0.3 is 4.74 Å². The number of hydrogen-bond donors (Lipinski definition) is 0. The van der Waals surface area contributed by atoms with E-state index in [1.807, 2.05) is 24.3 Å². The van der Waals surface area contributed by atoms with Crippen LogP contribution >= 0.6 is 11.8 Å². The molecule has 1 fully saturated rings. The molecule has 4 nitrogen and oxygen atoms in total. The summed E-state index contributed by atoms with van der Waals surface area (Å²) >= 11 is 0.954. The third kappa shape index (κ3) is 2.34.